The molecule has 0 heterocycles. The number of rotatable bonds is 0. The maximum absolute atomic E-state index is 2.47. The SMILES string of the molecule is CC1=CC2C(=C3C=CC=CC13)C2(C)C. The molecular weight excluding hydrogens is 168 g/mol. The summed E-state index contributed by atoms with van der Waals surface area (Å²) in [5.74, 6) is 1.30. The summed E-state index contributed by atoms with van der Waals surface area (Å²) in [6.45, 7) is 6.98. The largest absolute Gasteiger partial charge is 0.0766 e. The lowest BCUT2D eigenvalue weighted by atomic mass is 9.84. The van der Waals surface area contributed by atoms with Crippen molar-refractivity contribution in [1.29, 1.82) is 0 Å². The molecule has 0 heteroatoms. The van der Waals surface area contributed by atoms with Crippen molar-refractivity contribution in [1.82, 2.24) is 0 Å². The van der Waals surface area contributed by atoms with Crippen molar-refractivity contribution < 1.29 is 0 Å². The van der Waals surface area contributed by atoms with Gasteiger partial charge >= 0.3 is 0 Å². The van der Waals surface area contributed by atoms with Crippen molar-refractivity contribution in [2.24, 2.45) is 17.3 Å². The van der Waals surface area contributed by atoms with Crippen LogP contribution in [0.3, 0.4) is 0 Å². The summed E-state index contributed by atoms with van der Waals surface area (Å²) in [5.41, 5.74) is 5.21. The third kappa shape index (κ3) is 0.841. The first-order valence-corrected chi connectivity index (χ1v) is 5.40. The standard InChI is InChI=1S/C14H16/c1-9-8-12-13(14(12,2)3)11-7-5-4-6-10(9)11/h4-8,10,12H,1-3H3. The Morgan fingerprint density at radius 1 is 1.21 bits per heavy atom. The van der Waals surface area contributed by atoms with E-state index < -0.39 is 0 Å². The van der Waals surface area contributed by atoms with Crippen LogP contribution in [0, 0.1) is 17.3 Å². The zero-order valence-electron chi connectivity index (χ0n) is 9.04. The second-order valence-electron chi connectivity index (χ2n) is 5.20. The highest BCUT2D eigenvalue weighted by atomic mass is 14.6. The second-order valence-corrected chi connectivity index (χ2v) is 5.20. The van der Waals surface area contributed by atoms with Crippen LogP contribution in [0.5, 0.6) is 0 Å². The van der Waals surface area contributed by atoms with Gasteiger partial charge in [-0.25, -0.2) is 0 Å². The van der Waals surface area contributed by atoms with Crippen LogP contribution < -0.4 is 0 Å². The molecule has 0 N–H and O–H groups in total. The molecule has 3 aliphatic carbocycles. The van der Waals surface area contributed by atoms with E-state index >= 15 is 0 Å². The summed E-state index contributed by atoms with van der Waals surface area (Å²) in [6.07, 6.45) is 11.4. The predicted octanol–water partition coefficient (Wildman–Crippen LogP) is 3.64. The van der Waals surface area contributed by atoms with Crippen molar-refractivity contribution in [3.63, 3.8) is 0 Å². The lowest BCUT2D eigenvalue weighted by molar-refractivity contribution is 0.625. The van der Waals surface area contributed by atoms with Crippen LogP contribution in [-0.2, 0) is 0 Å². The number of hydrogen-bond donors (Lipinski definition) is 0. The first-order chi connectivity index (χ1) is 6.62. The quantitative estimate of drug-likeness (QED) is 0.504. The average Bonchev–Trinajstić information content (AvgIpc) is 2.70. The van der Waals surface area contributed by atoms with E-state index in [-0.39, 0.29) is 0 Å². The topological polar surface area (TPSA) is 0 Å². The first-order valence-electron chi connectivity index (χ1n) is 5.40. The van der Waals surface area contributed by atoms with Gasteiger partial charge in [-0.3, -0.25) is 0 Å². The third-order valence-corrected chi connectivity index (χ3v) is 3.96. The van der Waals surface area contributed by atoms with Gasteiger partial charge in [0.25, 0.3) is 0 Å². The molecule has 0 radical (unpaired) electrons. The maximum Gasteiger partial charge on any atom is 0.0228 e. The molecule has 0 bridgehead atoms. The number of fused-ring (bicyclic) bond motifs is 2. The summed E-state index contributed by atoms with van der Waals surface area (Å²) in [4.78, 5) is 0. The maximum atomic E-state index is 2.47. The lowest BCUT2D eigenvalue weighted by Crippen LogP contribution is -2.07. The third-order valence-electron chi connectivity index (χ3n) is 3.96. The van der Waals surface area contributed by atoms with Gasteiger partial charge in [-0.15, -0.1) is 0 Å². The van der Waals surface area contributed by atoms with E-state index in [1.54, 1.807) is 11.1 Å². The van der Waals surface area contributed by atoms with Gasteiger partial charge in [-0.05, 0) is 17.9 Å². The van der Waals surface area contributed by atoms with Crippen LogP contribution in [0.1, 0.15) is 20.8 Å². The zero-order chi connectivity index (χ0) is 9.92. The van der Waals surface area contributed by atoms with Crippen molar-refractivity contribution in [2.75, 3.05) is 0 Å². The Labute approximate surface area is 85.7 Å². The summed E-state index contributed by atoms with van der Waals surface area (Å²) >= 11 is 0. The van der Waals surface area contributed by atoms with Crippen molar-refractivity contribution >= 4 is 0 Å². The fraction of sp³-hybridized carbons (Fsp3) is 0.429. The van der Waals surface area contributed by atoms with Gasteiger partial charge in [0, 0.05) is 11.8 Å². The molecule has 1 saturated carbocycles. The lowest BCUT2D eigenvalue weighted by Gasteiger charge is -2.20. The molecular formula is C14H16. The van der Waals surface area contributed by atoms with E-state index in [0.717, 1.165) is 5.92 Å². The Kier molecular flexibility index (Phi) is 1.36. The smallest absolute Gasteiger partial charge is 0.0228 e. The van der Waals surface area contributed by atoms with E-state index in [4.69, 9.17) is 0 Å². The molecule has 0 aromatic carbocycles. The molecule has 3 rings (SSSR count). The van der Waals surface area contributed by atoms with Gasteiger partial charge in [0.15, 0.2) is 0 Å². The van der Waals surface area contributed by atoms with Crippen molar-refractivity contribution in [3.8, 4) is 0 Å². The highest BCUT2D eigenvalue weighted by Gasteiger charge is 2.54. The minimum absolute atomic E-state index is 0.431. The van der Waals surface area contributed by atoms with Gasteiger partial charge in [-0.1, -0.05) is 55.4 Å². The molecule has 0 amide bonds. The molecule has 72 valence electrons. The Morgan fingerprint density at radius 2 is 2.00 bits per heavy atom. The van der Waals surface area contributed by atoms with Crippen molar-refractivity contribution in [3.05, 3.63) is 47.1 Å². The molecule has 0 aliphatic heterocycles. The van der Waals surface area contributed by atoms with Crippen LogP contribution >= 0.6 is 0 Å². The van der Waals surface area contributed by atoms with Crippen LogP contribution in [0.4, 0.5) is 0 Å². The number of allylic oxidation sites excluding steroid dienone is 8. The molecule has 14 heavy (non-hydrogen) atoms. The Balaban J connectivity index is 2.16. The van der Waals surface area contributed by atoms with Gasteiger partial charge in [0.05, 0.1) is 0 Å². The molecule has 0 aromatic rings. The molecule has 2 atom stereocenters. The van der Waals surface area contributed by atoms with E-state index in [2.05, 4.69) is 51.2 Å². The molecule has 0 aromatic heterocycles. The fourth-order valence-electron chi connectivity index (χ4n) is 2.99. The fourth-order valence-corrected chi connectivity index (χ4v) is 2.99. The second kappa shape index (κ2) is 2.31. The Hall–Kier alpha value is -1.04. The summed E-state index contributed by atoms with van der Waals surface area (Å²) in [6, 6.07) is 0. The molecule has 0 nitrogen and oxygen atoms in total. The van der Waals surface area contributed by atoms with Crippen LogP contribution in [0.15, 0.2) is 47.1 Å². The molecule has 3 aliphatic rings. The molecule has 0 spiro atoms. The van der Waals surface area contributed by atoms with E-state index in [1.807, 2.05) is 0 Å². The Morgan fingerprint density at radius 3 is 2.79 bits per heavy atom. The highest BCUT2D eigenvalue weighted by Crippen LogP contribution is 2.64. The van der Waals surface area contributed by atoms with Crippen LogP contribution in [0.25, 0.3) is 0 Å². The average molecular weight is 184 g/mol. The molecule has 0 saturated heterocycles. The molecule has 2 unspecified atom stereocenters. The predicted molar refractivity (Wildman–Crippen MR) is 59.8 cm³/mol. The zero-order valence-corrected chi connectivity index (χ0v) is 9.04. The highest BCUT2D eigenvalue weighted by molar-refractivity contribution is 5.57. The number of hydrogen-bond acceptors (Lipinski definition) is 0. The Bertz CT molecular complexity index is 413. The van der Waals surface area contributed by atoms with E-state index in [0.29, 0.717) is 11.3 Å². The summed E-state index contributed by atoms with van der Waals surface area (Å²) < 4.78 is 0. The van der Waals surface area contributed by atoms with Gasteiger partial charge in [0.1, 0.15) is 0 Å². The summed E-state index contributed by atoms with van der Waals surface area (Å²) in [7, 11) is 0. The first kappa shape index (κ1) is 8.28. The normalized spacial score (nSPS) is 36.4. The van der Waals surface area contributed by atoms with E-state index in [1.165, 1.54) is 5.57 Å². The van der Waals surface area contributed by atoms with Gasteiger partial charge < -0.3 is 0 Å². The van der Waals surface area contributed by atoms with Crippen LogP contribution in [0.2, 0.25) is 0 Å². The molecule has 1 fully saturated rings. The monoisotopic (exact) mass is 184 g/mol. The van der Waals surface area contributed by atoms with Gasteiger partial charge in [0.2, 0.25) is 0 Å². The van der Waals surface area contributed by atoms with Crippen LogP contribution in [-0.4, -0.2) is 0 Å². The van der Waals surface area contributed by atoms with E-state index in [9.17, 15) is 0 Å². The van der Waals surface area contributed by atoms with Gasteiger partial charge in [-0.2, -0.15) is 0 Å². The summed E-state index contributed by atoms with van der Waals surface area (Å²) in [5, 5.41) is 0. The van der Waals surface area contributed by atoms with Crippen molar-refractivity contribution in [2.45, 2.75) is 20.8 Å². The minimum Gasteiger partial charge on any atom is -0.0766 e. The minimum atomic E-state index is 0.431.